The molecule has 0 aromatic heterocycles. The fourth-order valence-corrected chi connectivity index (χ4v) is 2.35. The summed E-state index contributed by atoms with van der Waals surface area (Å²) in [6, 6.07) is 5.48. The van der Waals surface area contributed by atoms with Gasteiger partial charge < -0.3 is 14.8 Å². The highest BCUT2D eigenvalue weighted by Crippen LogP contribution is 2.24. The summed E-state index contributed by atoms with van der Waals surface area (Å²) < 4.78 is 10.3. The lowest BCUT2D eigenvalue weighted by Gasteiger charge is -2.14. The number of esters is 1. The summed E-state index contributed by atoms with van der Waals surface area (Å²) >= 11 is 4.15. The molecule has 0 radical (unpaired) electrons. The topological polar surface area (TPSA) is 64.6 Å². The molecule has 0 heterocycles. The lowest BCUT2D eigenvalue weighted by atomic mass is 9.96. The maximum Gasteiger partial charge on any atom is 0.325 e. The van der Waals surface area contributed by atoms with Crippen LogP contribution < -0.4 is 10.1 Å². The third kappa shape index (κ3) is 7.65. The highest BCUT2D eigenvalue weighted by atomic mass is 32.1. The quantitative estimate of drug-likeness (QED) is 0.289. The lowest BCUT2D eigenvalue weighted by molar-refractivity contribution is -0.139. The van der Waals surface area contributed by atoms with Gasteiger partial charge in [0.1, 0.15) is 12.3 Å². The maximum atomic E-state index is 12.4. The van der Waals surface area contributed by atoms with E-state index in [1.54, 1.807) is 6.07 Å². The van der Waals surface area contributed by atoms with Gasteiger partial charge in [0.2, 0.25) is 0 Å². The summed E-state index contributed by atoms with van der Waals surface area (Å²) in [6.07, 6.45) is 5.87. The van der Waals surface area contributed by atoms with E-state index in [-0.39, 0.29) is 18.4 Å². The van der Waals surface area contributed by atoms with Crippen molar-refractivity contribution in [1.29, 1.82) is 0 Å². The molecule has 0 saturated heterocycles. The Hall–Kier alpha value is -1.95. The Morgan fingerprint density at radius 2 is 1.96 bits per heavy atom. The number of nitrogens with one attached hydrogen (secondary N) is 1. The van der Waals surface area contributed by atoms with Crippen molar-refractivity contribution in [2.45, 2.75) is 32.6 Å². The predicted octanol–water partition coefficient (Wildman–Crippen LogP) is 3.36. The second-order valence-electron chi connectivity index (χ2n) is 5.78. The standard InChI is InChI=1S/C19H27NO4S/c1-14(2)16-9-8-15(24-10-6-4-5-7-11-25)12-17(16)19(22)20-13-18(21)23-3/h4-5,8-9,12,14,25H,6-7,10-11,13H2,1-3H3,(H,20,22)/b5-4+. The SMILES string of the molecule is COC(=O)CNC(=O)c1cc(OCC/C=C/CCS)ccc1C(C)C. The van der Waals surface area contributed by atoms with Crippen molar-refractivity contribution >= 4 is 24.5 Å². The molecular formula is C19H27NO4S. The van der Waals surface area contributed by atoms with Gasteiger partial charge in [0.05, 0.1) is 13.7 Å². The van der Waals surface area contributed by atoms with Gasteiger partial charge in [-0.15, -0.1) is 0 Å². The van der Waals surface area contributed by atoms with Gasteiger partial charge in [-0.2, -0.15) is 12.6 Å². The Morgan fingerprint density at radius 1 is 1.24 bits per heavy atom. The molecule has 0 aliphatic heterocycles. The van der Waals surface area contributed by atoms with Gasteiger partial charge in [0, 0.05) is 5.56 Å². The van der Waals surface area contributed by atoms with Crippen LogP contribution in [0.1, 0.15) is 48.5 Å². The normalized spacial score (nSPS) is 10.9. The molecular weight excluding hydrogens is 338 g/mol. The van der Waals surface area contributed by atoms with Crippen LogP contribution in [0.4, 0.5) is 0 Å². The zero-order valence-corrected chi connectivity index (χ0v) is 16.0. The Kier molecular flexibility index (Phi) is 9.77. The van der Waals surface area contributed by atoms with Crippen molar-refractivity contribution in [2.75, 3.05) is 26.0 Å². The van der Waals surface area contributed by atoms with E-state index in [2.05, 4.69) is 34.8 Å². The predicted molar refractivity (Wildman–Crippen MR) is 103 cm³/mol. The summed E-state index contributed by atoms with van der Waals surface area (Å²) in [5, 5.41) is 2.58. The van der Waals surface area contributed by atoms with Gasteiger partial charge >= 0.3 is 5.97 Å². The number of hydrogen-bond donors (Lipinski definition) is 2. The molecule has 6 heteroatoms. The van der Waals surface area contributed by atoms with E-state index < -0.39 is 5.97 Å². The molecule has 1 amide bonds. The van der Waals surface area contributed by atoms with Crippen molar-refractivity contribution in [2.24, 2.45) is 0 Å². The number of benzene rings is 1. The number of amides is 1. The molecule has 1 aromatic rings. The fraction of sp³-hybridized carbons (Fsp3) is 0.474. The van der Waals surface area contributed by atoms with Crippen molar-refractivity contribution < 1.29 is 19.1 Å². The van der Waals surface area contributed by atoms with Crippen LogP contribution in [-0.2, 0) is 9.53 Å². The van der Waals surface area contributed by atoms with Crippen LogP contribution in [0.3, 0.4) is 0 Å². The molecule has 0 fully saturated rings. The minimum absolute atomic E-state index is 0.159. The molecule has 0 aliphatic rings. The first kappa shape index (κ1) is 21.1. The minimum atomic E-state index is -0.486. The first-order valence-corrected chi connectivity index (χ1v) is 9.00. The number of thiol groups is 1. The number of allylic oxidation sites excluding steroid dienone is 1. The number of ether oxygens (including phenoxy) is 2. The summed E-state index contributed by atoms with van der Waals surface area (Å²) in [4.78, 5) is 23.6. The van der Waals surface area contributed by atoms with Crippen LogP contribution >= 0.6 is 12.6 Å². The number of hydrogen-bond acceptors (Lipinski definition) is 5. The minimum Gasteiger partial charge on any atom is -0.493 e. The largest absolute Gasteiger partial charge is 0.493 e. The average Bonchev–Trinajstić information content (AvgIpc) is 2.61. The molecule has 0 saturated carbocycles. The van der Waals surface area contributed by atoms with E-state index >= 15 is 0 Å². The van der Waals surface area contributed by atoms with E-state index in [0.29, 0.717) is 17.9 Å². The number of carbonyl (C=O) groups is 2. The first-order valence-electron chi connectivity index (χ1n) is 8.37. The molecule has 138 valence electrons. The molecule has 0 aliphatic carbocycles. The van der Waals surface area contributed by atoms with Gasteiger partial charge in [-0.1, -0.05) is 32.1 Å². The third-order valence-corrected chi connectivity index (χ3v) is 3.79. The van der Waals surface area contributed by atoms with Gasteiger partial charge in [-0.3, -0.25) is 9.59 Å². The molecule has 1 aromatic carbocycles. The number of rotatable bonds is 10. The van der Waals surface area contributed by atoms with Crippen molar-refractivity contribution in [3.8, 4) is 5.75 Å². The van der Waals surface area contributed by atoms with Crippen molar-refractivity contribution in [3.05, 3.63) is 41.5 Å². The van der Waals surface area contributed by atoms with Crippen LogP contribution in [0.25, 0.3) is 0 Å². The van der Waals surface area contributed by atoms with Crippen LogP contribution in [0.5, 0.6) is 5.75 Å². The van der Waals surface area contributed by atoms with E-state index in [1.165, 1.54) is 7.11 Å². The van der Waals surface area contributed by atoms with Gasteiger partial charge in [0.15, 0.2) is 0 Å². The second-order valence-corrected chi connectivity index (χ2v) is 6.23. The Balaban J connectivity index is 2.76. The molecule has 0 atom stereocenters. The van der Waals surface area contributed by atoms with Crippen LogP contribution in [0.2, 0.25) is 0 Å². The highest BCUT2D eigenvalue weighted by Gasteiger charge is 2.16. The molecule has 5 nitrogen and oxygen atoms in total. The van der Waals surface area contributed by atoms with Gasteiger partial charge in [0.25, 0.3) is 5.91 Å². The van der Waals surface area contributed by atoms with E-state index in [1.807, 2.05) is 26.0 Å². The molecule has 0 unspecified atom stereocenters. The number of carbonyl (C=O) groups excluding carboxylic acids is 2. The summed E-state index contributed by atoms with van der Waals surface area (Å²) in [6.45, 7) is 4.40. The second kappa shape index (κ2) is 11.6. The lowest BCUT2D eigenvalue weighted by Crippen LogP contribution is -2.31. The molecule has 1 N–H and O–H groups in total. The monoisotopic (exact) mass is 365 g/mol. The molecule has 25 heavy (non-hydrogen) atoms. The Morgan fingerprint density at radius 3 is 2.60 bits per heavy atom. The Bertz CT molecular complexity index is 599. The Labute approximate surface area is 155 Å². The summed E-state index contributed by atoms with van der Waals surface area (Å²) in [7, 11) is 1.28. The zero-order chi connectivity index (χ0) is 18.7. The van der Waals surface area contributed by atoms with Crippen molar-refractivity contribution in [3.63, 3.8) is 0 Å². The van der Waals surface area contributed by atoms with Crippen molar-refractivity contribution in [1.82, 2.24) is 5.32 Å². The van der Waals surface area contributed by atoms with E-state index in [0.717, 1.165) is 24.2 Å². The zero-order valence-electron chi connectivity index (χ0n) is 15.1. The molecule has 1 rings (SSSR count). The molecule has 0 spiro atoms. The van der Waals surface area contributed by atoms with Crippen LogP contribution in [-0.4, -0.2) is 37.9 Å². The van der Waals surface area contributed by atoms with Gasteiger partial charge in [-0.25, -0.2) is 0 Å². The summed E-state index contributed by atoms with van der Waals surface area (Å²) in [5.41, 5.74) is 1.42. The van der Waals surface area contributed by atoms with Crippen LogP contribution in [0, 0.1) is 0 Å². The van der Waals surface area contributed by atoms with Gasteiger partial charge in [-0.05, 0) is 42.2 Å². The summed E-state index contributed by atoms with van der Waals surface area (Å²) in [5.74, 6) is 0.846. The third-order valence-electron chi connectivity index (χ3n) is 3.53. The fourth-order valence-electron chi connectivity index (χ4n) is 2.20. The smallest absolute Gasteiger partial charge is 0.325 e. The number of methoxy groups -OCH3 is 1. The van der Waals surface area contributed by atoms with E-state index in [9.17, 15) is 9.59 Å². The first-order chi connectivity index (χ1) is 12.0. The molecule has 0 bridgehead atoms. The average molecular weight is 365 g/mol. The highest BCUT2D eigenvalue weighted by molar-refractivity contribution is 7.80. The maximum absolute atomic E-state index is 12.4. The van der Waals surface area contributed by atoms with Crippen LogP contribution in [0.15, 0.2) is 30.4 Å². The van der Waals surface area contributed by atoms with E-state index in [4.69, 9.17) is 4.74 Å².